The van der Waals surface area contributed by atoms with E-state index < -0.39 is 5.54 Å². The summed E-state index contributed by atoms with van der Waals surface area (Å²) in [7, 11) is 0. The highest BCUT2D eigenvalue weighted by molar-refractivity contribution is 7.10. The summed E-state index contributed by atoms with van der Waals surface area (Å²) in [6, 6.07) is 10.5. The van der Waals surface area contributed by atoms with Crippen LogP contribution in [0.5, 0.6) is 0 Å². The molecular formula is C18H21N3OS2. The van der Waals surface area contributed by atoms with Crippen LogP contribution in [-0.4, -0.2) is 22.9 Å². The van der Waals surface area contributed by atoms with Gasteiger partial charge in [-0.25, -0.2) is 0 Å². The average Bonchev–Trinajstić information content (AvgIpc) is 3.07. The van der Waals surface area contributed by atoms with E-state index in [0.29, 0.717) is 12.5 Å². The Balaban J connectivity index is 1.64. The van der Waals surface area contributed by atoms with Gasteiger partial charge in [-0.3, -0.25) is 9.69 Å². The van der Waals surface area contributed by atoms with Crippen molar-refractivity contribution in [1.29, 1.82) is 5.26 Å². The monoisotopic (exact) mass is 359 g/mol. The normalized spacial score (nSPS) is 16.5. The van der Waals surface area contributed by atoms with Gasteiger partial charge in [0, 0.05) is 22.8 Å². The van der Waals surface area contributed by atoms with Crippen molar-refractivity contribution < 1.29 is 4.79 Å². The number of nitrogens with zero attached hydrogens (tertiary/aromatic N) is 2. The molecule has 3 rings (SSSR count). The Morgan fingerprint density at radius 2 is 1.88 bits per heavy atom. The SMILES string of the molecule is C[C@](C#N)(NC(=O)CN(Cc1cccs1)Cc1cccs1)C1CC1. The fourth-order valence-corrected chi connectivity index (χ4v) is 4.32. The van der Waals surface area contributed by atoms with Crippen LogP contribution in [0.1, 0.15) is 29.5 Å². The molecule has 1 saturated carbocycles. The van der Waals surface area contributed by atoms with Gasteiger partial charge in [-0.15, -0.1) is 22.7 Å². The molecule has 126 valence electrons. The van der Waals surface area contributed by atoms with E-state index in [1.54, 1.807) is 22.7 Å². The van der Waals surface area contributed by atoms with Gasteiger partial charge in [0.15, 0.2) is 0 Å². The third kappa shape index (κ3) is 4.44. The van der Waals surface area contributed by atoms with Crippen molar-refractivity contribution >= 4 is 28.6 Å². The quantitative estimate of drug-likeness (QED) is 0.783. The fraction of sp³-hybridized carbons (Fsp3) is 0.444. The highest BCUT2D eigenvalue weighted by Crippen LogP contribution is 2.39. The molecule has 2 aromatic heterocycles. The number of thiophene rings is 2. The largest absolute Gasteiger partial charge is 0.337 e. The molecule has 1 atom stereocenters. The number of nitrogens with one attached hydrogen (secondary N) is 1. The van der Waals surface area contributed by atoms with Crippen LogP contribution in [0.4, 0.5) is 0 Å². The van der Waals surface area contributed by atoms with Crippen LogP contribution >= 0.6 is 22.7 Å². The van der Waals surface area contributed by atoms with Crippen molar-refractivity contribution in [2.45, 2.75) is 38.4 Å². The molecule has 0 unspecified atom stereocenters. The van der Waals surface area contributed by atoms with Gasteiger partial charge in [-0.2, -0.15) is 5.26 Å². The second-order valence-corrected chi connectivity index (χ2v) is 8.50. The van der Waals surface area contributed by atoms with E-state index >= 15 is 0 Å². The molecule has 0 radical (unpaired) electrons. The first-order valence-corrected chi connectivity index (χ1v) is 9.84. The molecule has 0 saturated heterocycles. The number of carbonyl (C=O) groups is 1. The summed E-state index contributed by atoms with van der Waals surface area (Å²) in [6.45, 7) is 3.64. The number of hydrogen-bond donors (Lipinski definition) is 1. The van der Waals surface area contributed by atoms with E-state index in [9.17, 15) is 10.1 Å². The summed E-state index contributed by atoms with van der Waals surface area (Å²) in [5, 5.41) is 16.5. The molecule has 1 aliphatic rings. The maximum atomic E-state index is 12.5. The molecule has 0 spiro atoms. The van der Waals surface area contributed by atoms with Gasteiger partial charge in [-0.05, 0) is 48.6 Å². The maximum Gasteiger partial charge on any atom is 0.235 e. The topological polar surface area (TPSA) is 56.1 Å². The summed E-state index contributed by atoms with van der Waals surface area (Å²) < 4.78 is 0. The minimum atomic E-state index is -0.728. The minimum absolute atomic E-state index is 0.0703. The van der Waals surface area contributed by atoms with E-state index in [2.05, 4.69) is 39.2 Å². The number of carbonyl (C=O) groups excluding carboxylic acids is 1. The van der Waals surface area contributed by atoms with Crippen molar-refractivity contribution in [3.05, 3.63) is 44.8 Å². The van der Waals surface area contributed by atoms with E-state index in [4.69, 9.17) is 0 Å². The highest BCUT2D eigenvalue weighted by Gasteiger charge is 2.43. The van der Waals surface area contributed by atoms with Gasteiger partial charge < -0.3 is 5.32 Å². The molecule has 1 amide bonds. The maximum absolute atomic E-state index is 12.5. The summed E-state index contributed by atoms with van der Waals surface area (Å²) in [5.41, 5.74) is -0.728. The van der Waals surface area contributed by atoms with Crippen LogP contribution in [0.2, 0.25) is 0 Å². The lowest BCUT2D eigenvalue weighted by Crippen LogP contribution is -2.50. The third-order valence-corrected chi connectivity index (χ3v) is 6.03. The molecule has 1 N–H and O–H groups in total. The summed E-state index contributed by atoms with van der Waals surface area (Å²) >= 11 is 3.40. The number of nitriles is 1. The van der Waals surface area contributed by atoms with E-state index in [-0.39, 0.29) is 5.91 Å². The molecule has 6 heteroatoms. The average molecular weight is 360 g/mol. The lowest BCUT2D eigenvalue weighted by atomic mass is 9.98. The number of amides is 1. The zero-order valence-electron chi connectivity index (χ0n) is 13.7. The Labute approximate surface area is 150 Å². The van der Waals surface area contributed by atoms with Crippen LogP contribution in [0.3, 0.4) is 0 Å². The predicted molar refractivity (Wildman–Crippen MR) is 97.6 cm³/mol. The Morgan fingerprint density at radius 1 is 1.29 bits per heavy atom. The van der Waals surface area contributed by atoms with E-state index in [0.717, 1.165) is 25.9 Å². The van der Waals surface area contributed by atoms with E-state index in [1.807, 2.05) is 19.1 Å². The van der Waals surface area contributed by atoms with Crippen molar-refractivity contribution in [3.63, 3.8) is 0 Å². The third-order valence-electron chi connectivity index (χ3n) is 4.31. The summed E-state index contributed by atoms with van der Waals surface area (Å²) in [6.07, 6.45) is 2.05. The van der Waals surface area contributed by atoms with Crippen molar-refractivity contribution in [3.8, 4) is 6.07 Å². The molecule has 0 aromatic carbocycles. The van der Waals surface area contributed by atoms with Gasteiger partial charge in [-0.1, -0.05) is 12.1 Å². The summed E-state index contributed by atoms with van der Waals surface area (Å²) in [5.74, 6) is 0.230. The molecule has 1 aliphatic carbocycles. The van der Waals surface area contributed by atoms with Gasteiger partial charge >= 0.3 is 0 Å². The van der Waals surface area contributed by atoms with Crippen LogP contribution < -0.4 is 5.32 Å². The van der Waals surface area contributed by atoms with Crippen LogP contribution in [0.25, 0.3) is 0 Å². The Morgan fingerprint density at radius 3 is 2.29 bits per heavy atom. The van der Waals surface area contributed by atoms with Crippen LogP contribution in [0.15, 0.2) is 35.0 Å². The Kier molecular flexibility index (Phi) is 5.34. The number of hydrogen-bond acceptors (Lipinski definition) is 5. The van der Waals surface area contributed by atoms with Gasteiger partial charge in [0.25, 0.3) is 0 Å². The Bertz CT molecular complexity index is 665. The molecule has 1 fully saturated rings. The summed E-state index contributed by atoms with van der Waals surface area (Å²) in [4.78, 5) is 17.1. The van der Waals surface area contributed by atoms with Crippen LogP contribution in [-0.2, 0) is 17.9 Å². The molecule has 2 heterocycles. The first-order valence-electron chi connectivity index (χ1n) is 8.08. The minimum Gasteiger partial charge on any atom is -0.337 e. The van der Waals surface area contributed by atoms with Gasteiger partial charge in [0.1, 0.15) is 5.54 Å². The van der Waals surface area contributed by atoms with Gasteiger partial charge in [0.2, 0.25) is 5.91 Å². The second-order valence-electron chi connectivity index (χ2n) is 6.44. The molecule has 24 heavy (non-hydrogen) atoms. The Hall–Kier alpha value is -1.68. The first-order chi connectivity index (χ1) is 11.6. The van der Waals surface area contributed by atoms with Crippen molar-refractivity contribution in [1.82, 2.24) is 10.2 Å². The standard InChI is InChI=1S/C18H21N3OS2/c1-18(13-19,14-6-7-14)20-17(22)12-21(10-15-4-2-8-23-15)11-16-5-3-9-24-16/h2-5,8-9,14H,6-7,10-12H2,1H3,(H,20,22)/t18-/m1/s1. The highest BCUT2D eigenvalue weighted by atomic mass is 32.1. The molecular weight excluding hydrogens is 338 g/mol. The first kappa shape index (κ1) is 17.2. The molecule has 4 nitrogen and oxygen atoms in total. The second kappa shape index (κ2) is 7.47. The number of rotatable bonds is 8. The zero-order valence-corrected chi connectivity index (χ0v) is 15.3. The smallest absolute Gasteiger partial charge is 0.235 e. The van der Waals surface area contributed by atoms with Crippen molar-refractivity contribution in [2.75, 3.05) is 6.54 Å². The predicted octanol–water partition coefficient (Wildman–Crippen LogP) is 3.62. The van der Waals surface area contributed by atoms with Crippen LogP contribution in [0, 0.1) is 17.2 Å². The lowest BCUT2D eigenvalue weighted by Gasteiger charge is -2.26. The molecule has 0 bridgehead atoms. The van der Waals surface area contributed by atoms with Gasteiger partial charge in [0.05, 0.1) is 12.6 Å². The van der Waals surface area contributed by atoms with Crippen molar-refractivity contribution in [2.24, 2.45) is 5.92 Å². The fourth-order valence-electron chi connectivity index (χ4n) is 2.83. The zero-order chi connectivity index (χ0) is 17.0. The lowest BCUT2D eigenvalue weighted by molar-refractivity contribution is -0.123. The molecule has 0 aliphatic heterocycles. The molecule has 2 aromatic rings. The van der Waals surface area contributed by atoms with E-state index in [1.165, 1.54) is 9.75 Å².